The summed E-state index contributed by atoms with van der Waals surface area (Å²) in [4.78, 5) is 13.9. The average Bonchev–Trinajstić information content (AvgIpc) is 2.36. The van der Waals surface area contributed by atoms with Gasteiger partial charge in [0.1, 0.15) is 0 Å². The molecule has 1 fully saturated rings. The molecule has 0 aromatic carbocycles. The van der Waals surface area contributed by atoms with E-state index in [-0.39, 0.29) is 0 Å². The highest BCUT2D eigenvalue weighted by molar-refractivity contribution is 5.76. The van der Waals surface area contributed by atoms with Crippen LogP contribution in [0.2, 0.25) is 0 Å². The molecule has 0 radical (unpaired) electrons. The molecule has 3 heteroatoms. The maximum atomic E-state index is 12.0. The summed E-state index contributed by atoms with van der Waals surface area (Å²) >= 11 is 0. The minimum absolute atomic E-state index is 0.316. The predicted octanol–water partition coefficient (Wildman–Crippen LogP) is 2.41. The average molecular weight is 240 g/mol. The zero-order valence-electron chi connectivity index (χ0n) is 11.7. The van der Waals surface area contributed by atoms with Gasteiger partial charge in [0.05, 0.1) is 0 Å². The molecule has 0 spiro atoms. The Morgan fingerprint density at radius 1 is 1.53 bits per heavy atom. The van der Waals surface area contributed by atoms with Crippen molar-refractivity contribution < 1.29 is 4.79 Å². The number of nitrogens with one attached hydrogen (secondary N) is 1. The summed E-state index contributed by atoms with van der Waals surface area (Å²) in [5.41, 5.74) is 0. The molecule has 1 aliphatic heterocycles. The first-order valence-electron chi connectivity index (χ1n) is 7.11. The molecule has 0 saturated carbocycles. The second kappa shape index (κ2) is 7.70. The molecule has 0 aromatic heterocycles. The predicted molar refractivity (Wildman–Crippen MR) is 72.0 cm³/mol. The van der Waals surface area contributed by atoms with E-state index in [1.807, 2.05) is 11.9 Å². The SMILES string of the molecule is CCCC(C)N(C)C(=O)CCC1CCCNC1. The molecule has 100 valence electrons. The normalized spacial score (nSPS) is 22.2. The van der Waals surface area contributed by atoms with Crippen LogP contribution < -0.4 is 5.32 Å². The second-order valence-corrected chi connectivity index (χ2v) is 5.39. The van der Waals surface area contributed by atoms with E-state index >= 15 is 0 Å². The van der Waals surface area contributed by atoms with E-state index in [1.54, 1.807) is 0 Å². The Bertz CT molecular complexity index is 224. The third-order valence-electron chi connectivity index (χ3n) is 3.93. The minimum Gasteiger partial charge on any atom is -0.343 e. The van der Waals surface area contributed by atoms with Crippen LogP contribution >= 0.6 is 0 Å². The molecule has 0 aromatic rings. The van der Waals surface area contributed by atoms with Gasteiger partial charge in [0.15, 0.2) is 0 Å². The van der Waals surface area contributed by atoms with Crippen molar-refractivity contribution in [3.8, 4) is 0 Å². The molecule has 1 aliphatic rings. The van der Waals surface area contributed by atoms with E-state index in [9.17, 15) is 4.79 Å². The molecular formula is C14H28N2O. The summed E-state index contributed by atoms with van der Waals surface area (Å²) < 4.78 is 0. The largest absolute Gasteiger partial charge is 0.343 e. The highest BCUT2D eigenvalue weighted by Gasteiger charge is 2.18. The third-order valence-corrected chi connectivity index (χ3v) is 3.93. The van der Waals surface area contributed by atoms with Crippen molar-refractivity contribution in [3.05, 3.63) is 0 Å². The van der Waals surface area contributed by atoms with Gasteiger partial charge in [-0.25, -0.2) is 0 Å². The lowest BCUT2D eigenvalue weighted by Crippen LogP contribution is -2.36. The molecule has 2 atom stereocenters. The molecule has 1 rings (SSSR count). The summed E-state index contributed by atoms with van der Waals surface area (Å²) in [6.07, 6.45) is 6.57. The Morgan fingerprint density at radius 2 is 2.29 bits per heavy atom. The number of nitrogens with zero attached hydrogens (tertiary/aromatic N) is 1. The van der Waals surface area contributed by atoms with Gasteiger partial charge < -0.3 is 10.2 Å². The van der Waals surface area contributed by atoms with Crippen LogP contribution in [0.3, 0.4) is 0 Å². The molecule has 3 nitrogen and oxygen atoms in total. The molecule has 1 saturated heterocycles. The van der Waals surface area contributed by atoms with E-state index < -0.39 is 0 Å². The molecule has 1 amide bonds. The van der Waals surface area contributed by atoms with Crippen molar-refractivity contribution in [3.63, 3.8) is 0 Å². The first-order valence-corrected chi connectivity index (χ1v) is 7.11. The van der Waals surface area contributed by atoms with Gasteiger partial charge in [-0.15, -0.1) is 0 Å². The van der Waals surface area contributed by atoms with Gasteiger partial charge in [-0.1, -0.05) is 13.3 Å². The first-order chi connectivity index (χ1) is 8.15. The Labute approximate surface area is 106 Å². The number of hydrogen-bond acceptors (Lipinski definition) is 2. The first kappa shape index (κ1) is 14.5. The smallest absolute Gasteiger partial charge is 0.222 e. The van der Waals surface area contributed by atoms with E-state index in [0.717, 1.165) is 38.8 Å². The monoisotopic (exact) mass is 240 g/mol. The molecule has 0 aliphatic carbocycles. The molecule has 2 unspecified atom stereocenters. The number of rotatable bonds is 6. The number of carbonyl (C=O) groups excluding carboxylic acids is 1. The van der Waals surface area contributed by atoms with Crippen LogP contribution in [0.1, 0.15) is 52.4 Å². The van der Waals surface area contributed by atoms with Crippen molar-refractivity contribution in [2.45, 2.75) is 58.4 Å². The lowest BCUT2D eigenvalue weighted by molar-refractivity contribution is -0.132. The van der Waals surface area contributed by atoms with Crippen molar-refractivity contribution in [2.75, 3.05) is 20.1 Å². The number of amides is 1. The number of piperidine rings is 1. The van der Waals surface area contributed by atoms with E-state index in [4.69, 9.17) is 0 Å². The fourth-order valence-corrected chi connectivity index (χ4v) is 2.53. The lowest BCUT2D eigenvalue weighted by Gasteiger charge is -2.27. The fraction of sp³-hybridized carbons (Fsp3) is 0.929. The third kappa shape index (κ3) is 5.07. The maximum Gasteiger partial charge on any atom is 0.222 e. The van der Waals surface area contributed by atoms with Gasteiger partial charge in [-0.3, -0.25) is 4.79 Å². The van der Waals surface area contributed by atoms with E-state index in [1.165, 1.54) is 12.8 Å². The van der Waals surface area contributed by atoms with Gasteiger partial charge in [0, 0.05) is 19.5 Å². The Kier molecular flexibility index (Phi) is 6.56. The van der Waals surface area contributed by atoms with E-state index in [2.05, 4.69) is 19.2 Å². The van der Waals surface area contributed by atoms with Gasteiger partial charge >= 0.3 is 0 Å². The number of carbonyl (C=O) groups is 1. The van der Waals surface area contributed by atoms with Crippen LogP contribution in [0.5, 0.6) is 0 Å². The molecule has 1 N–H and O–H groups in total. The Hall–Kier alpha value is -0.570. The van der Waals surface area contributed by atoms with E-state index in [0.29, 0.717) is 17.9 Å². The number of hydrogen-bond donors (Lipinski definition) is 1. The second-order valence-electron chi connectivity index (χ2n) is 5.39. The van der Waals surface area contributed by atoms with Gasteiger partial charge in [-0.2, -0.15) is 0 Å². The summed E-state index contributed by atoms with van der Waals surface area (Å²) in [6.45, 7) is 6.56. The van der Waals surface area contributed by atoms with Crippen LogP contribution in [-0.2, 0) is 4.79 Å². The Morgan fingerprint density at radius 3 is 2.88 bits per heavy atom. The van der Waals surface area contributed by atoms with Gasteiger partial charge in [0.2, 0.25) is 5.91 Å². The van der Waals surface area contributed by atoms with Crippen LogP contribution in [-0.4, -0.2) is 37.0 Å². The van der Waals surface area contributed by atoms with Crippen LogP contribution in [0.25, 0.3) is 0 Å². The highest BCUT2D eigenvalue weighted by atomic mass is 16.2. The summed E-state index contributed by atoms with van der Waals surface area (Å²) in [5, 5.41) is 3.41. The molecular weight excluding hydrogens is 212 g/mol. The van der Waals surface area contributed by atoms with Crippen molar-refractivity contribution in [1.29, 1.82) is 0 Å². The van der Waals surface area contributed by atoms with Crippen LogP contribution in [0.4, 0.5) is 0 Å². The van der Waals surface area contributed by atoms with Crippen molar-refractivity contribution in [2.24, 2.45) is 5.92 Å². The topological polar surface area (TPSA) is 32.3 Å². The molecule has 17 heavy (non-hydrogen) atoms. The maximum absolute atomic E-state index is 12.0. The van der Waals surface area contributed by atoms with Crippen molar-refractivity contribution >= 4 is 5.91 Å². The molecule has 0 bridgehead atoms. The summed E-state index contributed by atoms with van der Waals surface area (Å²) in [7, 11) is 1.95. The van der Waals surface area contributed by atoms with Crippen molar-refractivity contribution in [1.82, 2.24) is 10.2 Å². The quantitative estimate of drug-likeness (QED) is 0.773. The van der Waals surface area contributed by atoms with Crippen LogP contribution in [0, 0.1) is 5.92 Å². The molecule has 1 heterocycles. The highest BCUT2D eigenvalue weighted by Crippen LogP contribution is 2.17. The van der Waals surface area contributed by atoms with Gasteiger partial charge in [-0.05, 0) is 51.6 Å². The zero-order chi connectivity index (χ0) is 12.7. The fourth-order valence-electron chi connectivity index (χ4n) is 2.53. The summed E-state index contributed by atoms with van der Waals surface area (Å²) in [6, 6.07) is 0.386. The lowest BCUT2D eigenvalue weighted by atomic mass is 9.94. The zero-order valence-corrected chi connectivity index (χ0v) is 11.7. The minimum atomic E-state index is 0.316. The Balaban J connectivity index is 2.23. The van der Waals surface area contributed by atoms with Crippen LogP contribution in [0.15, 0.2) is 0 Å². The summed E-state index contributed by atoms with van der Waals surface area (Å²) in [5.74, 6) is 1.03. The van der Waals surface area contributed by atoms with Gasteiger partial charge in [0.25, 0.3) is 0 Å². The standard InChI is InChI=1S/C14H28N2O/c1-4-6-12(2)16(3)14(17)9-8-13-7-5-10-15-11-13/h12-13,15H,4-11H2,1-3H3.